The first-order valence-corrected chi connectivity index (χ1v) is 11.9. The van der Waals surface area contributed by atoms with E-state index in [-0.39, 0.29) is 11.8 Å². The average molecular weight is 454 g/mol. The Hall–Kier alpha value is -2.44. The summed E-state index contributed by atoms with van der Waals surface area (Å²) >= 11 is 0. The van der Waals surface area contributed by atoms with Crippen LogP contribution in [0.5, 0.6) is 0 Å². The van der Waals surface area contributed by atoms with Crippen molar-refractivity contribution < 1.29 is 23.8 Å². The van der Waals surface area contributed by atoms with Crippen LogP contribution in [0.25, 0.3) is 6.08 Å². The zero-order valence-electron chi connectivity index (χ0n) is 20.2. The Kier molecular flexibility index (Phi) is 6.27. The van der Waals surface area contributed by atoms with Crippen molar-refractivity contribution >= 4 is 18.0 Å². The lowest BCUT2D eigenvalue weighted by Gasteiger charge is -2.50. The first-order valence-electron chi connectivity index (χ1n) is 11.9. The number of esters is 2. The van der Waals surface area contributed by atoms with E-state index >= 15 is 0 Å². The van der Waals surface area contributed by atoms with E-state index in [1.165, 1.54) is 11.6 Å². The van der Waals surface area contributed by atoms with E-state index in [0.29, 0.717) is 6.42 Å². The van der Waals surface area contributed by atoms with E-state index in [2.05, 4.69) is 20.8 Å². The van der Waals surface area contributed by atoms with Gasteiger partial charge in [-0.2, -0.15) is 0 Å². The number of nitrogens with two attached hydrogens (primary N) is 1. The van der Waals surface area contributed by atoms with Crippen molar-refractivity contribution in [3.63, 3.8) is 0 Å². The molecule has 6 nitrogen and oxygen atoms in total. The monoisotopic (exact) mass is 453 g/mol. The minimum absolute atomic E-state index is 0.0219. The van der Waals surface area contributed by atoms with E-state index in [0.717, 1.165) is 24.0 Å². The summed E-state index contributed by atoms with van der Waals surface area (Å²) in [6, 6.07) is 8.94. The van der Waals surface area contributed by atoms with Gasteiger partial charge in [-0.15, -0.1) is 0 Å². The van der Waals surface area contributed by atoms with Crippen molar-refractivity contribution in [2.75, 3.05) is 0 Å². The highest BCUT2D eigenvalue weighted by molar-refractivity contribution is 5.87. The van der Waals surface area contributed by atoms with Gasteiger partial charge in [0.2, 0.25) is 0 Å². The highest BCUT2D eigenvalue weighted by Crippen LogP contribution is 2.61. The van der Waals surface area contributed by atoms with Gasteiger partial charge in [-0.05, 0) is 56.7 Å². The number of rotatable bonds is 6. The predicted octanol–water partition coefficient (Wildman–Crippen LogP) is 4.18. The number of allylic oxidation sites excluding steroid dienone is 1. The van der Waals surface area contributed by atoms with Crippen LogP contribution in [0.2, 0.25) is 0 Å². The summed E-state index contributed by atoms with van der Waals surface area (Å²) < 4.78 is 18.9. The molecule has 4 rings (SSSR count). The molecule has 2 bridgehead atoms. The fraction of sp³-hybridized carbons (Fsp3) is 0.556. The van der Waals surface area contributed by atoms with Crippen LogP contribution in [0.4, 0.5) is 0 Å². The highest BCUT2D eigenvalue weighted by atomic mass is 16.6. The molecule has 6 unspecified atom stereocenters. The lowest BCUT2D eigenvalue weighted by molar-refractivity contribution is -0.223. The fourth-order valence-corrected chi connectivity index (χ4v) is 5.80. The Morgan fingerprint density at radius 3 is 2.52 bits per heavy atom. The van der Waals surface area contributed by atoms with Crippen LogP contribution in [0.3, 0.4) is 0 Å². The molecule has 2 N–H and O–H groups in total. The second kappa shape index (κ2) is 8.73. The maximum atomic E-state index is 13.0. The first-order chi connectivity index (χ1) is 15.6. The molecule has 0 radical (unpaired) electrons. The second-order valence-corrected chi connectivity index (χ2v) is 10.2. The number of hydrogen-bond donors (Lipinski definition) is 1. The third-order valence-corrected chi connectivity index (χ3v) is 7.70. The van der Waals surface area contributed by atoms with Crippen molar-refractivity contribution in [3.05, 3.63) is 53.1 Å². The lowest BCUT2D eigenvalue weighted by atomic mass is 9.74. The number of hydrogen-bond acceptors (Lipinski definition) is 6. The van der Waals surface area contributed by atoms with Crippen LogP contribution in [-0.4, -0.2) is 41.4 Å². The van der Waals surface area contributed by atoms with Crippen LogP contribution in [0.1, 0.15) is 59.4 Å². The van der Waals surface area contributed by atoms with Crippen LogP contribution < -0.4 is 5.73 Å². The standard InChI is InChI=1S/C27H35NO5/c1-16(2)27-15-21(31-25(30)18(4)28)26(5,33-27)20-13-11-17(3)23(20)24(27)32-22(29)14-12-19-9-7-6-8-10-19/h6-10,12,14,16,18,20-21,24H,11,13,15,28H2,1-5H3/b14-12+. The number of ether oxygens (including phenoxy) is 3. The fourth-order valence-electron chi connectivity index (χ4n) is 5.80. The summed E-state index contributed by atoms with van der Waals surface area (Å²) in [6.45, 7) is 9.91. The molecule has 1 aliphatic carbocycles. The molecule has 2 heterocycles. The molecule has 3 aliphatic rings. The summed E-state index contributed by atoms with van der Waals surface area (Å²) in [6.07, 6.45) is 4.51. The predicted molar refractivity (Wildman–Crippen MR) is 126 cm³/mol. The van der Waals surface area contributed by atoms with E-state index in [4.69, 9.17) is 19.9 Å². The summed E-state index contributed by atoms with van der Waals surface area (Å²) in [5, 5.41) is 0. The molecular weight excluding hydrogens is 418 g/mol. The van der Waals surface area contributed by atoms with Crippen molar-refractivity contribution in [1.29, 1.82) is 0 Å². The lowest BCUT2D eigenvalue weighted by Crippen LogP contribution is -2.58. The summed E-state index contributed by atoms with van der Waals surface area (Å²) in [5.41, 5.74) is 7.65. The molecule has 178 valence electrons. The van der Waals surface area contributed by atoms with Gasteiger partial charge in [-0.3, -0.25) is 4.79 Å². The van der Waals surface area contributed by atoms with Crippen molar-refractivity contribution in [2.24, 2.45) is 17.6 Å². The molecule has 0 aromatic heterocycles. The van der Waals surface area contributed by atoms with E-state index in [1.54, 1.807) is 13.0 Å². The second-order valence-electron chi connectivity index (χ2n) is 10.2. The van der Waals surface area contributed by atoms with E-state index in [1.807, 2.05) is 37.3 Å². The van der Waals surface area contributed by atoms with Crippen molar-refractivity contribution in [1.82, 2.24) is 0 Å². The van der Waals surface area contributed by atoms with Crippen LogP contribution in [-0.2, 0) is 23.8 Å². The number of benzene rings is 1. The Bertz CT molecular complexity index is 981. The maximum absolute atomic E-state index is 13.0. The van der Waals surface area contributed by atoms with Gasteiger partial charge in [-0.1, -0.05) is 49.8 Å². The summed E-state index contributed by atoms with van der Waals surface area (Å²) in [4.78, 5) is 25.4. The number of fused-ring (bicyclic) bond motifs is 4. The quantitative estimate of drug-likeness (QED) is 0.395. The normalized spacial score (nSPS) is 34.0. The molecule has 6 atom stereocenters. The Labute approximate surface area is 196 Å². The smallest absolute Gasteiger partial charge is 0.331 e. The molecule has 0 saturated carbocycles. The van der Waals surface area contributed by atoms with Gasteiger partial charge in [0.05, 0.1) is 0 Å². The molecule has 1 aromatic carbocycles. The number of carbonyl (C=O) groups excluding carboxylic acids is 2. The molecule has 0 amide bonds. The third kappa shape index (κ3) is 4.04. The minimum Gasteiger partial charge on any atom is -0.458 e. The minimum atomic E-state index is -0.773. The van der Waals surface area contributed by atoms with Crippen LogP contribution >= 0.6 is 0 Å². The largest absolute Gasteiger partial charge is 0.458 e. The van der Waals surface area contributed by atoms with Crippen LogP contribution in [0, 0.1) is 11.8 Å². The van der Waals surface area contributed by atoms with E-state index in [9.17, 15) is 9.59 Å². The molecule has 33 heavy (non-hydrogen) atoms. The van der Waals surface area contributed by atoms with Gasteiger partial charge >= 0.3 is 11.9 Å². The molecule has 1 aromatic rings. The SMILES string of the molecule is CC1=C2C(CC1)C1(C)OC(C(C)C)(CC1OC(=O)C(C)N)C2OC(=O)/C=C/c1ccccc1. The molecule has 2 aliphatic heterocycles. The first kappa shape index (κ1) is 23.7. The van der Waals surface area contributed by atoms with Gasteiger partial charge in [-0.25, -0.2) is 4.79 Å². The number of carbonyl (C=O) groups is 2. The van der Waals surface area contributed by atoms with Gasteiger partial charge in [0.15, 0.2) is 6.10 Å². The molecule has 0 spiro atoms. The third-order valence-electron chi connectivity index (χ3n) is 7.70. The van der Waals surface area contributed by atoms with Gasteiger partial charge < -0.3 is 19.9 Å². The Balaban J connectivity index is 1.68. The van der Waals surface area contributed by atoms with E-state index < -0.39 is 41.4 Å². The van der Waals surface area contributed by atoms with Gasteiger partial charge in [0, 0.05) is 18.4 Å². The molecular formula is C27H35NO5. The summed E-state index contributed by atoms with van der Waals surface area (Å²) in [7, 11) is 0. The van der Waals surface area contributed by atoms with Gasteiger partial charge in [0.25, 0.3) is 0 Å². The summed E-state index contributed by atoms with van der Waals surface area (Å²) in [5.74, 6) is -0.781. The topological polar surface area (TPSA) is 87.8 Å². The van der Waals surface area contributed by atoms with Crippen LogP contribution in [0.15, 0.2) is 47.6 Å². The zero-order valence-corrected chi connectivity index (χ0v) is 20.2. The highest BCUT2D eigenvalue weighted by Gasteiger charge is 2.70. The van der Waals surface area contributed by atoms with Gasteiger partial charge in [0.1, 0.15) is 23.3 Å². The molecule has 2 fully saturated rings. The Morgan fingerprint density at radius 1 is 1.18 bits per heavy atom. The molecule has 6 heteroatoms. The maximum Gasteiger partial charge on any atom is 0.331 e. The van der Waals surface area contributed by atoms with Crippen molar-refractivity contribution in [3.8, 4) is 0 Å². The zero-order chi connectivity index (χ0) is 24.0. The van der Waals surface area contributed by atoms with Crippen molar-refractivity contribution in [2.45, 2.75) is 83.3 Å². The average Bonchev–Trinajstić information content (AvgIpc) is 3.28. The Morgan fingerprint density at radius 2 is 1.88 bits per heavy atom. The molecule has 2 saturated heterocycles.